The molecule has 1 N–H and O–H groups in total. The zero-order valence-corrected chi connectivity index (χ0v) is 12.4. The molecule has 0 radical (unpaired) electrons. The first-order chi connectivity index (χ1) is 9.65. The Bertz CT molecular complexity index is 377. The number of likely N-dealkylation sites (tertiary alicyclic amines) is 1. The fourth-order valence-electron chi connectivity index (χ4n) is 6.07. The van der Waals surface area contributed by atoms with Gasteiger partial charge < -0.3 is 10.0 Å². The van der Waals surface area contributed by atoms with Crippen LogP contribution in [-0.4, -0.2) is 35.9 Å². The van der Waals surface area contributed by atoms with Gasteiger partial charge in [0.25, 0.3) is 0 Å². The zero-order chi connectivity index (χ0) is 13.7. The molecule has 0 unspecified atom stereocenters. The van der Waals surface area contributed by atoms with E-state index in [-0.39, 0.29) is 0 Å². The maximum absolute atomic E-state index is 10.9. The lowest BCUT2D eigenvalue weighted by Gasteiger charge is -2.59. The van der Waals surface area contributed by atoms with Crippen LogP contribution in [0.1, 0.15) is 51.4 Å². The second-order valence-corrected chi connectivity index (χ2v) is 8.19. The Morgan fingerprint density at radius 3 is 2.15 bits per heavy atom. The summed E-state index contributed by atoms with van der Waals surface area (Å²) in [4.78, 5) is 12.5. The summed E-state index contributed by atoms with van der Waals surface area (Å²) in [7, 11) is 0. The van der Waals surface area contributed by atoms with Gasteiger partial charge in [-0.05, 0) is 18.8 Å². The van der Waals surface area contributed by atoms with E-state index in [9.17, 15) is 4.79 Å². The Labute approximate surface area is 122 Å². The second-order valence-electron chi connectivity index (χ2n) is 8.19. The van der Waals surface area contributed by atoms with E-state index in [0.29, 0.717) is 5.41 Å². The number of hydrogen-bond acceptors (Lipinski definition) is 1. The fourth-order valence-corrected chi connectivity index (χ4v) is 6.07. The Kier molecular flexibility index (Phi) is 3.04. The molecule has 0 aromatic carbocycles. The summed E-state index contributed by atoms with van der Waals surface area (Å²) in [5.74, 6) is 2.99. The lowest BCUT2D eigenvalue weighted by Crippen LogP contribution is -2.63. The van der Waals surface area contributed by atoms with Gasteiger partial charge in [-0.1, -0.05) is 56.5 Å². The average Bonchev–Trinajstić information content (AvgIpc) is 2.29. The minimum atomic E-state index is -0.721. The Hall–Kier alpha value is -0.665. The first-order valence-electron chi connectivity index (χ1n) is 8.63. The minimum absolute atomic E-state index is 0.410. The van der Waals surface area contributed by atoms with Crippen LogP contribution in [0, 0.1) is 11.3 Å². The van der Waals surface area contributed by atoms with Crippen LogP contribution in [0.3, 0.4) is 0 Å². The summed E-state index contributed by atoms with van der Waals surface area (Å²) in [5, 5.41) is 8.95. The maximum Gasteiger partial charge on any atom is 0.407 e. The van der Waals surface area contributed by atoms with E-state index in [1.807, 2.05) is 0 Å². The van der Waals surface area contributed by atoms with E-state index in [4.69, 9.17) is 5.11 Å². The Morgan fingerprint density at radius 1 is 1.10 bits per heavy atom. The third kappa shape index (κ3) is 2.06. The van der Waals surface area contributed by atoms with Gasteiger partial charge in [0.1, 0.15) is 6.71 Å². The molecule has 3 heterocycles. The first-order valence-corrected chi connectivity index (χ1v) is 8.63. The van der Waals surface area contributed by atoms with Gasteiger partial charge in [-0.25, -0.2) is 4.79 Å². The molecule has 3 aliphatic heterocycles. The topological polar surface area (TPSA) is 40.5 Å². The van der Waals surface area contributed by atoms with Crippen molar-refractivity contribution in [1.82, 2.24) is 4.90 Å². The van der Waals surface area contributed by atoms with Gasteiger partial charge in [0.15, 0.2) is 0 Å². The van der Waals surface area contributed by atoms with Gasteiger partial charge >= 0.3 is 6.09 Å². The van der Waals surface area contributed by atoms with Gasteiger partial charge in [-0.3, -0.25) is 0 Å². The smallest absolute Gasteiger partial charge is 0.407 e. The van der Waals surface area contributed by atoms with Crippen molar-refractivity contribution >= 4 is 12.8 Å². The van der Waals surface area contributed by atoms with Crippen molar-refractivity contribution in [3.63, 3.8) is 0 Å². The predicted molar refractivity (Wildman–Crippen MR) is 80.5 cm³/mol. The zero-order valence-electron chi connectivity index (χ0n) is 12.4. The third-order valence-electron chi connectivity index (χ3n) is 6.88. The first kappa shape index (κ1) is 13.0. The summed E-state index contributed by atoms with van der Waals surface area (Å²) in [5.41, 5.74) is 0.410. The van der Waals surface area contributed by atoms with Gasteiger partial charge in [0, 0.05) is 18.5 Å². The molecule has 0 aromatic heterocycles. The highest BCUT2D eigenvalue weighted by atomic mass is 16.4. The molecule has 4 heteroatoms. The van der Waals surface area contributed by atoms with E-state index in [1.54, 1.807) is 4.90 Å². The van der Waals surface area contributed by atoms with Crippen molar-refractivity contribution < 1.29 is 9.90 Å². The third-order valence-corrected chi connectivity index (χ3v) is 6.88. The number of carbonyl (C=O) groups is 1. The van der Waals surface area contributed by atoms with Crippen LogP contribution >= 0.6 is 0 Å². The Balaban J connectivity index is 1.29. The molecular formula is C16H26BNO2. The van der Waals surface area contributed by atoms with Crippen LogP contribution in [0.2, 0.25) is 18.0 Å². The molecule has 1 amide bonds. The number of hydrogen-bond donors (Lipinski definition) is 1. The van der Waals surface area contributed by atoms with Crippen molar-refractivity contribution in [2.45, 2.75) is 69.3 Å². The van der Waals surface area contributed by atoms with Crippen molar-refractivity contribution in [2.24, 2.45) is 11.3 Å². The normalized spacial score (nSPS) is 35.6. The summed E-state index contributed by atoms with van der Waals surface area (Å²) in [6.45, 7) is 2.66. The molecule has 4 fully saturated rings. The van der Waals surface area contributed by atoms with Gasteiger partial charge in [-0.15, -0.1) is 0 Å². The molecule has 4 aliphatic rings. The molecule has 2 bridgehead atoms. The van der Waals surface area contributed by atoms with E-state index in [1.165, 1.54) is 57.7 Å². The molecule has 20 heavy (non-hydrogen) atoms. The van der Waals surface area contributed by atoms with Gasteiger partial charge in [0.05, 0.1) is 0 Å². The van der Waals surface area contributed by atoms with Crippen LogP contribution < -0.4 is 0 Å². The van der Waals surface area contributed by atoms with E-state index in [2.05, 4.69) is 0 Å². The summed E-state index contributed by atoms with van der Waals surface area (Å²) in [6, 6.07) is 0. The number of fused-ring (bicyclic) bond motifs is 2. The highest BCUT2D eigenvalue weighted by molar-refractivity contribution is 6.62. The number of rotatable bonds is 2. The summed E-state index contributed by atoms with van der Waals surface area (Å²) >= 11 is 0. The average molecular weight is 275 g/mol. The molecule has 0 atom stereocenters. The molecule has 1 saturated carbocycles. The molecule has 3 saturated heterocycles. The van der Waals surface area contributed by atoms with Crippen molar-refractivity contribution in [1.29, 1.82) is 0 Å². The van der Waals surface area contributed by atoms with Crippen molar-refractivity contribution in [3.8, 4) is 0 Å². The number of amides is 1. The largest absolute Gasteiger partial charge is 0.465 e. The van der Waals surface area contributed by atoms with Crippen molar-refractivity contribution in [2.75, 3.05) is 13.1 Å². The summed E-state index contributed by atoms with van der Waals surface area (Å²) in [6.07, 6.45) is 12.3. The second kappa shape index (κ2) is 4.67. The molecule has 0 aromatic rings. The van der Waals surface area contributed by atoms with Crippen LogP contribution in [0.4, 0.5) is 4.79 Å². The monoisotopic (exact) mass is 275 g/mol. The molecular weight excluding hydrogens is 249 g/mol. The minimum Gasteiger partial charge on any atom is -0.465 e. The van der Waals surface area contributed by atoms with Crippen LogP contribution in [-0.2, 0) is 0 Å². The predicted octanol–water partition coefficient (Wildman–Crippen LogP) is 3.98. The molecule has 110 valence electrons. The molecule has 4 rings (SSSR count). The van der Waals surface area contributed by atoms with Gasteiger partial charge in [-0.2, -0.15) is 0 Å². The van der Waals surface area contributed by atoms with E-state index >= 15 is 0 Å². The fraction of sp³-hybridized carbons (Fsp3) is 0.938. The maximum atomic E-state index is 10.9. The van der Waals surface area contributed by atoms with Crippen molar-refractivity contribution in [3.05, 3.63) is 0 Å². The summed E-state index contributed by atoms with van der Waals surface area (Å²) < 4.78 is 0. The molecule has 3 nitrogen and oxygen atoms in total. The lowest BCUT2D eigenvalue weighted by atomic mass is 9.24. The Morgan fingerprint density at radius 2 is 1.65 bits per heavy atom. The number of nitrogens with zero attached hydrogens (tertiary/aromatic N) is 1. The molecule has 1 aliphatic carbocycles. The van der Waals surface area contributed by atoms with Crippen LogP contribution in [0.15, 0.2) is 0 Å². The highest BCUT2D eigenvalue weighted by Crippen LogP contribution is 2.56. The quantitative estimate of drug-likeness (QED) is 0.774. The van der Waals surface area contributed by atoms with E-state index < -0.39 is 6.09 Å². The lowest BCUT2D eigenvalue weighted by molar-refractivity contribution is -0.0748. The molecule has 1 spiro atoms. The number of carboxylic acid groups (broad SMARTS) is 1. The van der Waals surface area contributed by atoms with Crippen LogP contribution in [0.25, 0.3) is 0 Å². The van der Waals surface area contributed by atoms with Gasteiger partial charge in [0.2, 0.25) is 0 Å². The SMILES string of the molecule is O=C(O)N1CC2(CC(CB3C4CCCC3CCC4)C2)C1. The highest BCUT2D eigenvalue weighted by Gasteiger charge is 2.54. The standard InChI is InChI=1S/C16H26BNO2/c19-15(20)18-10-16(11-18)7-12(8-16)9-17-13-3-1-4-14(17)6-2-5-13/h12-14H,1-11H2,(H,19,20). The van der Waals surface area contributed by atoms with E-state index in [0.717, 1.165) is 37.4 Å². The van der Waals surface area contributed by atoms with Crippen LogP contribution in [0.5, 0.6) is 0 Å².